The monoisotopic (exact) mass is 214 g/mol. The molecule has 1 aliphatic rings. The Morgan fingerprint density at radius 1 is 1.47 bits per heavy atom. The van der Waals surface area contributed by atoms with Crippen LogP contribution in [0, 0.1) is 5.92 Å². The van der Waals surface area contributed by atoms with Gasteiger partial charge in [-0.3, -0.25) is 9.69 Å². The first-order valence-electron chi connectivity index (χ1n) is 5.66. The molecule has 0 aromatic carbocycles. The molecular formula is C11H22N2O2. The van der Waals surface area contributed by atoms with E-state index in [0.29, 0.717) is 12.3 Å². The molecule has 0 spiro atoms. The van der Waals surface area contributed by atoms with Gasteiger partial charge in [-0.25, -0.2) is 0 Å². The lowest BCUT2D eigenvalue weighted by Gasteiger charge is -2.39. The second-order valence-corrected chi connectivity index (χ2v) is 4.68. The van der Waals surface area contributed by atoms with Crippen molar-refractivity contribution >= 4 is 5.91 Å². The number of carbonyl (C=O) groups is 1. The summed E-state index contributed by atoms with van der Waals surface area (Å²) in [5.41, 5.74) is 0. The summed E-state index contributed by atoms with van der Waals surface area (Å²) in [7, 11) is 1.83. The summed E-state index contributed by atoms with van der Waals surface area (Å²) in [5, 5.41) is 8.98. The molecule has 1 N–H and O–H groups in total. The molecule has 0 saturated carbocycles. The second-order valence-electron chi connectivity index (χ2n) is 4.68. The zero-order valence-corrected chi connectivity index (χ0v) is 9.94. The molecule has 1 amide bonds. The lowest BCUT2D eigenvalue weighted by molar-refractivity contribution is -0.141. The number of rotatable bonds is 4. The van der Waals surface area contributed by atoms with Gasteiger partial charge >= 0.3 is 0 Å². The van der Waals surface area contributed by atoms with Gasteiger partial charge in [0.05, 0.1) is 6.04 Å². The van der Waals surface area contributed by atoms with Gasteiger partial charge in [0.15, 0.2) is 0 Å². The Bertz CT molecular complexity index is 219. The maximum absolute atomic E-state index is 11.9. The summed E-state index contributed by atoms with van der Waals surface area (Å²) < 4.78 is 0. The van der Waals surface area contributed by atoms with E-state index in [2.05, 4.69) is 18.7 Å². The van der Waals surface area contributed by atoms with Crippen molar-refractivity contribution in [3.8, 4) is 0 Å². The van der Waals surface area contributed by atoms with Crippen LogP contribution in [-0.4, -0.2) is 60.1 Å². The van der Waals surface area contributed by atoms with Crippen LogP contribution in [0.1, 0.15) is 20.3 Å². The Balaban J connectivity index is 2.64. The van der Waals surface area contributed by atoms with Gasteiger partial charge in [0.25, 0.3) is 0 Å². The normalized spacial score (nSPS) is 23.9. The average molecular weight is 214 g/mol. The highest BCUT2D eigenvalue weighted by Crippen LogP contribution is 2.14. The number of nitrogens with zero attached hydrogens (tertiary/aromatic N) is 2. The summed E-state index contributed by atoms with van der Waals surface area (Å²) in [6, 6.07) is -0.115. The molecule has 0 radical (unpaired) electrons. The SMILES string of the molecule is CC(C)CN1CCN(C)C(=O)C1CCO. The first-order chi connectivity index (χ1) is 7.06. The molecule has 0 aromatic rings. The zero-order chi connectivity index (χ0) is 11.4. The van der Waals surface area contributed by atoms with E-state index in [0.717, 1.165) is 19.6 Å². The summed E-state index contributed by atoms with van der Waals surface area (Å²) in [4.78, 5) is 15.8. The summed E-state index contributed by atoms with van der Waals surface area (Å²) in [5.74, 6) is 0.707. The number of likely N-dealkylation sites (N-methyl/N-ethyl adjacent to an activating group) is 1. The molecule has 1 atom stereocenters. The predicted octanol–water partition coefficient (Wildman–Crippen LogP) is 0.167. The minimum atomic E-state index is -0.115. The van der Waals surface area contributed by atoms with Crippen LogP contribution in [-0.2, 0) is 4.79 Å². The molecule has 4 nitrogen and oxygen atoms in total. The van der Waals surface area contributed by atoms with Crippen molar-refractivity contribution in [3.05, 3.63) is 0 Å². The van der Waals surface area contributed by atoms with Crippen molar-refractivity contribution in [1.82, 2.24) is 9.80 Å². The van der Waals surface area contributed by atoms with E-state index < -0.39 is 0 Å². The predicted molar refractivity (Wildman–Crippen MR) is 59.5 cm³/mol. The fraction of sp³-hybridized carbons (Fsp3) is 0.909. The van der Waals surface area contributed by atoms with Crippen LogP contribution in [0.4, 0.5) is 0 Å². The Morgan fingerprint density at radius 3 is 2.67 bits per heavy atom. The molecular weight excluding hydrogens is 192 g/mol. The van der Waals surface area contributed by atoms with E-state index in [1.54, 1.807) is 4.90 Å². The van der Waals surface area contributed by atoms with Gasteiger partial charge in [0.1, 0.15) is 0 Å². The van der Waals surface area contributed by atoms with Gasteiger partial charge in [0, 0.05) is 33.3 Å². The molecule has 1 saturated heterocycles. The van der Waals surface area contributed by atoms with Gasteiger partial charge in [-0.05, 0) is 12.3 Å². The van der Waals surface area contributed by atoms with Gasteiger partial charge in [-0.1, -0.05) is 13.8 Å². The molecule has 1 aliphatic heterocycles. The van der Waals surface area contributed by atoms with Crippen molar-refractivity contribution < 1.29 is 9.90 Å². The number of carbonyl (C=O) groups excluding carboxylic acids is 1. The number of aliphatic hydroxyl groups is 1. The Morgan fingerprint density at radius 2 is 2.13 bits per heavy atom. The first-order valence-corrected chi connectivity index (χ1v) is 5.66. The standard InChI is InChI=1S/C11H22N2O2/c1-9(2)8-13-6-5-12(3)11(15)10(13)4-7-14/h9-10,14H,4-8H2,1-3H3. The van der Waals surface area contributed by atoms with Crippen molar-refractivity contribution in [2.45, 2.75) is 26.3 Å². The molecule has 1 rings (SSSR count). The number of hydrogen-bond acceptors (Lipinski definition) is 3. The third kappa shape index (κ3) is 3.18. The molecule has 0 bridgehead atoms. The van der Waals surface area contributed by atoms with E-state index in [9.17, 15) is 4.79 Å². The highest BCUT2D eigenvalue weighted by molar-refractivity contribution is 5.82. The summed E-state index contributed by atoms with van der Waals surface area (Å²) in [6.45, 7) is 7.04. The number of hydrogen-bond donors (Lipinski definition) is 1. The van der Waals surface area contributed by atoms with Crippen LogP contribution in [0.3, 0.4) is 0 Å². The Labute approximate surface area is 91.9 Å². The lowest BCUT2D eigenvalue weighted by Crippen LogP contribution is -2.56. The zero-order valence-electron chi connectivity index (χ0n) is 9.94. The van der Waals surface area contributed by atoms with Crippen LogP contribution in [0.15, 0.2) is 0 Å². The van der Waals surface area contributed by atoms with Gasteiger partial charge in [-0.2, -0.15) is 0 Å². The number of amides is 1. The molecule has 0 aliphatic carbocycles. The maximum Gasteiger partial charge on any atom is 0.239 e. The van der Waals surface area contributed by atoms with E-state index in [1.807, 2.05) is 7.05 Å². The molecule has 1 fully saturated rings. The molecule has 1 unspecified atom stereocenters. The third-order valence-corrected chi connectivity index (χ3v) is 2.83. The van der Waals surface area contributed by atoms with Crippen LogP contribution >= 0.6 is 0 Å². The fourth-order valence-electron chi connectivity index (χ4n) is 2.07. The summed E-state index contributed by atoms with van der Waals surface area (Å²) in [6.07, 6.45) is 0.551. The van der Waals surface area contributed by atoms with Crippen molar-refractivity contribution in [2.75, 3.05) is 33.3 Å². The minimum Gasteiger partial charge on any atom is -0.396 e. The van der Waals surface area contributed by atoms with Gasteiger partial charge < -0.3 is 10.0 Å². The smallest absolute Gasteiger partial charge is 0.239 e. The maximum atomic E-state index is 11.9. The number of piperazine rings is 1. The van der Waals surface area contributed by atoms with Gasteiger partial charge in [0.2, 0.25) is 5.91 Å². The Hall–Kier alpha value is -0.610. The molecule has 15 heavy (non-hydrogen) atoms. The highest BCUT2D eigenvalue weighted by Gasteiger charge is 2.32. The van der Waals surface area contributed by atoms with Gasteiger partial charge in [-0.15, -0.1) is 0 Å². The minimum absolute atomic E-state index is 0.0822. The van der Waals surface area contributed by atoms with Crippen LogP contribution < -0.4 is 0 Å². The van der Waals surface area contributed by atoms with E-state index >= 15 is 0 Å². The summed E-state index contributed by atoms with van der Waals surface area (Å²) >= 11 is 0. The van der Waals surface area contributed by atoms with E-state index in [1.165, 1.54) is 0 Å². The quantitative estimate of drug-likeness (QED) is 0.725. The molecule has 1 heterocycles. The van der Waals surface area contributed by atoms with Crippen LogP contribution in [0.5, 0.6) is 0 Å². The van der Waals surface area contributed by atoms with Crippen molar-refractivity contribution in [2.24, 2.45) is 5.92 Å². The molecule has 4 heteroatoms. The Kier molecular flexibility index (Phi) is 4.54. The van der Waals surface area contributed by atoms with Crippen molar-refractivity contribution in [3.63, 3.8) is 0 Å². The fourth-order valence-corrected chi connectivity index (χ4v) is 2.07. The van der Waals surface area contributed by atoms with Crippen LogP contribution in [0.2, 0.25) is 0 Å². The van der Waals surface area contributed by atoms with Crippen molar-refractivity contribution in [1.29, 1.82) is 0 Å². The second kappa shape index (κ2) is 5.47. The largest absolute Gasteiger partial charge is 0.396 e. The highest BCUT2D eigenvalue weighted by atomic mass is 16.3. The molecule has 0 aromatic heterocycles. The third-order valence-electron chi connectivity index (χ3n) is 2.83. The van der Waals surface area contributed by atoms with Crippen LogP contribution in [0.25, 0.3) is 0 Å². The lowest BCUT2D eigenvalue weighted by atomic mass is 10.1. The number of aliphatic hydroxyl groups excluding tert-OH is 1. The first kappa shape index (κ1) is 12.5. The average Bonchev–Trinajstić information content (AvgIpc) is 2.17. The molecule has 88 valence electrons. The topological polar surface area (TPSA) is 43.8 Å². The van der Waals surface area contributed by atoms with E-state index in [-0.39, 0.29) is 18.6 Å². The van der Waals surface area contributed by atoms with E-state index in [4.69, 9.17) is 5.11 Å².